The molecule has 1 fully saturated rings. The molecule has 1 saturated heterocycles. The molecule has 174 valence electrons. The van der Waals surface area contributed by atoms with E-state index in [0.29, 0.717) is 30.9 Å². The summed E-state index contributed by atoms with van der Waals surface area (Å²) in [5.74, 6) is 1.32. The quantitative estimate of drug-likeness (QED) is 0.601. The molecular formula is C23H31N3O5S. The number of benzene rings is 2. The Hall–Kier alpha value is -2.94. The van der Waals surface area contributed by atoms with Crippen LogP contribution in [0, 0.1) is 0 Å². The van der Waals surface area contributed by atoms with Crippen molar-refractivity contribution in [2.45, 2.75) is 19.4 Å². The third-order valence-corrected chi connectivity index (χ3v) is 6.85. The first-order chi connectivity index (χ1) is 15.2. The van der Waals surface area contributed by atoms with Gasteiger partial charge in [0, 0.05) is 33.2 Å². The molecule has 2 aromatic rings. The lowest BCUT2D eigenvalue weighted by Gasteiger charge is -2.37. The monoisotopic (exact) mass is 461 g/mol. The van der Waals surface area contributed by atoms with Crippen molar-refractivity contribution < 1.29 is 22.7 Å². The van der Waals surface area contributed by atoms with Crippen LogP contribution in [-0.4, -0.2) is 71.9 Å². The van der Waals surface area contributed by atoms with E-state index in [-0.39, 0.29) is 5.91 Å². The van der Waals surface area contributed by atoms with Crippen molar-refractivity contribution in [3.63, 3.8) is 0 Å². The maximum Gasteiger partial charge on any atom is 0.263 e. The van der Waals surface area contributed by atoms with Crippen LogP contribution in [0.4, 0.5) is 11.4 Å². The Morgan fingerprint density at radius 3 is 2.25 bits per heavy atom. The van der Waals surface area contributed by atoms with Gasteiger partial charge in [-0.05, 0) is 42.8 Å². The van der Waals surface area contributed by atoms with Crippen molar-refractivity contribution in [3.8, 4) is 11.5 Å². The summed E-state index contributed by atoms with van der Waals surface area (Å²) in [6.45, 7) is 4.56. The van der Waals surface area contributed by atoms with E-state index in [1.54, 1.807) is 31.4 Å². The fourth-order valence-corrected chi connectivity index (χ4v) is 4.17. The van der Waals surface area contributed by atoms with Crippen molar-refractivity contribution >= 4 is 27.3 Å². The lowest BCUT2D eigenvalue weighted by molar-refractivity contribution is -0.139. The molecule has 32 heavy (non-hydrogen) atoms. The molecule has 9 heteroatoms. The Morgan fingerprint density at radius 1 is 1.06 bits per heavy atom. The molecule has 0 saturated carbocycles. The first-order valence-electron chi connectivity index (χ1n) is 10.6. The Kier molecular flexibility index (Phi) is 7.50. The number of hydrogen-bond acceptors (Lipinski definition) is 6. The summed E-state index contributed by atoms with van der Waals surface area (Å²) in [6.07, 6.45) is 1.10. The van der Waals surface area contributed by atoms with Gasteiger partial charge in [-0.2, -0.15) is 0 Å². The summed E-state index contributed by atoms with van der Waals surface area (Å²) in [5.41, 5.74) is 1.57. The summed E-state index contributed by atoms with van der Waals surface area (Å²) in [7, 11) is -0.179. The molecule has 0 bridgehead atoms. The number of rotatable bonds is 8. The van der Waals surface area contributed by atoms with Gasteiger partial charge in [0.2, 0.25) is 10.0 Å². The fraction of sp³-hybridized carbons (Fsp3) is 0.435. The molecule has 0 aliphatic carbocycles. The first-order valence-corrected chi connectivity index (χ1v) is 12.5. The van der Waals surface area contributed by atoms with Crippen molar-refractivity contribution in [1.29, 1.82) is 0 Å². The SMILES string of the molecule is CC[C@H](Oc1ccc(N(C)S(C)(=O)=O)cc1)C(=O)N1CCN(c2ccccc2OC)CC1. The second kappa shape index (κ2) is 10.1. The molecule has 1 heterocycles. The highest BCUT2D eigenvalue weighted by molar-refractivity contribution is 7.92. The summed E-state index contributed by atoms with van der Waals surface area (Å²) < 4.78 is 36.0. The molecular weight excluding hydrogens is 430 g/mol. The van der Waals surface area contributed by atoms with E-state index in [2.05, 4.69) is 4.90 Å². The molecule has 0 radical (unpaired) electrons. The lowest BCUT2D eigenvalue weighted by Crippen LogP contribution is -2.52. The van der Waals surface area contributed by atoms with E-state index in [4.69, 9.17) is 9.47 Å². The van der Waals surface area contributed by atoms with E-state index in [0.717, 1.165) is 30.8 Å². The number of ether oxygens (including phenoxy) is 2. The second-order valence-corrected chi connectivity index (χ2v) is 9.74. The lowest BCUT2D eigenvalue weighted by atomic mass is 10.2. The number of piperazine rings is 1. The van der Waals surface area contributed by atoms with Crippen molar-refractivity contribution in [2.75, 3.05) is 55.8 Å². The number of sulfonamides is 1. The smallest absolute Gasteiger partial charge is 0.263 e. The highest BCUT2D eigenvalue weighted by Crippen LogP contribution is 2.28. The average molecular weight is 462 g/mol. The van der Waals surface area contributed by atoms with Gasteiger partial charge in [0.05, 0.1) is 24.7 Å². The third-order valence-electron chi connectivity index (χ3n) is 5.64. The number of anilines is 2. The van der Waals surface area contributed by atoms with Gasteiger partial charge in [0.25, 0.3) is 5.91 Å². The average Bonchev–Trinajstić information content (AvgIpc) is 2.81. The van der Waals surface area contributed by atoms with Crippen LogP contribution in [0.3, 0.4) is 0 Å². The number of nitrogens with zero attached hydrogens (tertiary/aromatic N) is 3. The molecule has 0 spiro atoms. The highest BCUT2D eigenvalue weighted by atomic mass is 32.2. The molecule has 8 nitrogen and oxygen atoms in total. The van der Waals surface area contributed by atoms with Crippen molar-refractivity contribution in [3.05, 3.63) is 48.5 Å². The van der Waals surface area contributed by atoms with Gasteiger partial charge in [0.15, 0.2) is 6.10 Å². The van der Waals surface area contributed by atoms with E-state index < -0.39 is 16.1 Å². The number of methoxy groups -OCH3 is 1. The van der Waals surface area contributed by atoms with Gasteiger partial charge in [-0.25, -0.2) is 8.42 Å². The molecule has 0 aromatic heterocycles. The predicted octanol–water partition coefficient (Wildman–Crippen LogP) is 2.60. The Labute approximate surface area is 190 Å². The molecule has 2 aromatic carbocycles. The zero-order valence-corrected chi connectivity index (χ0v) is 19.8. The second-order valence-electron chi connectivity index (χ2n) is 7.72. The number of carbonyl (C=O) groups is 1. The van der Waals surface area contributed by atoms with Gasteiger partial charge in [-0.15, -0.1) is 0 Å². The normalized spacial score (nSPS) is 15.2. The third kappa shape index (κ3) is 5.45. The number of hydrogen-bond donors (Lipinski definition) is 0. The number of para-hydroxylation sites is 2. The van der Waals surface area contributed by atoms with E-state index >= 15 is 0 Å². The Balaban J connectivity index is 1.61. The van der Waals surface area contributed by atoms with Gasteiger partial charge in [-0.1, -0.05) is 19.1 Å². The predicted molar refractivity (Wildman–Crippen MR) is 126 cm³/mol. The van der Waals surface area contributed by atoms with Crippen LogP contribution in [0.15, 0.2) is 48.5 Å². The van der Waals surface area contributed by atoms with E-state index in [1.807, 2.05) is 36.1 Å². The Morgan fingerprint density at radius 2 is 1.69 bits per heavy atom. The van der Waals surface area contributed by atoms with Crippen molar-refractivity contribution in [2.24, 2.45) is 0 Å². The molecule has 0 unspecified atom stereocenters. The minimum absolute atomic E-state index is 0.0375. The largest absolute Gasteiger partial charge is 0.495 e. The highest BCUT2D eigenvalue weighted by Gasteiger charge is 2.28. The van der Waals surface area contributed by atoms with Crippen LogP contribution in [-0.2, 0) is 14.8 Å². The first kappa shape index (κ1) is 23.7. The van der Waals surface area contributed by atoms with Crippen LogP contribution in [0.5, 0.6) is 11.5 Å². The molecule has 3 rings (SSSR count). The maximum absolute atomic E-state index is 13.1. The minimum atomic E-state index is -3.33. The molecule has 1 amide bonds. The summed E-state index contributed by atoms with van der Waals surface area (Å²) in [5, 5.41) is 0. The Bertz CT molecular complexity index is 1020. The molecule has 1 aliphatic heterocycles. The number of amides is 1. The summed E-state index contributed by atoms with van der Waals surface area (Å²) in [4.78, 5) is 17.1. The summed E-state index contributed by atoms with van der Waals surface area (Å²) in [6, 6.07) is 14.6. The zero-order chi connectivity index (χ0) is 23.3. The fourth-order valence-electron chi connectivity index (χ4n) is 3.66. The van der Waals surface area contributed by atoms with E-state index in [9.17, 15) is 13.2 Å². The maximum atomic E-state index is 13.1. The standard InChI is InChI=1S/C23H31N3O5S/c1-5-21(31-19-12-10-18(11-13-19)24(2)32(4,28)29)23(27)26-16-14-25(15-17-26)20-8-6-7-9-22(20)30-3/h6-13,21H,5,14-17H2,1-4H3/t21-/m0/s1. The zero-order valence-electron chi connectivity index (χ0n) is 19.0. The van der Waals surface area contributed by atoms with Gasteiger partial charge in [-0.3, -0.25) is 9.10 Å². The van der Waals surface area contributed by atoms with Gasteiger partial charge in [0.1, 0.15) is 11.5 Å². The molecule has 0 N–H and O–H groups in total. The molecule has 1 atom stereocenters. The van der Waals surface area contributed by atoms with E-state index in [1.165, 1.54) is 11.4 Å². The molecule has 1 aliphatic rings. The topological polar surface area (TPSA) is 79.4 Å². The van der Waals surface area contributed by atoms with Crippen LogP contribution >= 0.6 is 0 Å². The minimum Gasteiger partial charge on any atom is -0.495 e. The van der Waals surface area contributed by atoms with Crippen LogP contribution in [0.25, 0.3) is 0 Å². The summed E-state index contributed by atoms with van der Waals surface area (Å²) >= 11 is 0. The van der Waals surface area contributed by atoms with Crippen LogP contribution in [0.1, 0.15) is 13.3 Å². The number of carbonyl (C=O) groups excluding carboxylic acids is 1. The van der Waals surface area contributed by atoms with Crippen LogP contribution in [0.2, 0.25) is 0 Å². The van der Waals surface area contributed by atoms with Gasteiger partial charge >= 0.3 is 0 Å². The van der Waals surface area contributed by atoms with Gasteiger partial charge < -0.3 is 19.3 Å². The van der Waals surface area contributed by atoms with Crippen molar-refractivity contribution in [1.82, 2.24) is 4.90 Å². The van der Waals surface area contributed by atoms with Crippen LogP contribution < -0.4 is 18.7 Å².